The van der Waals surface area contributed by atoms with E-state index in [2.05, 4.69) is 27.7 Å². The van der Waals surface area contributed by atoms with E-state index in [1.165, 1.54) is 6.42 Å². The summed E-state index contributed by atoms with van der Waals surface area (Å²) in [4.78, 5) is 13.2. The molecule has 0 aromatic rings. The quantitative estimate of drug-likeness (QED) is 0.623. The van der Waals surface area contributed by atoms with Gasteiger partial charge < -0.3 is 9.84 Å². The highest BCUT2D eigenvalue weighted by molar-refractivity contribution is 5.77. The van der Waals surface area contributed by atoms with Gasteiger partial charge in [-0.3, -0.25) is 4.79 Å². The molecular weight excluding hydrogens is 336 g/mol. The van der Waals surface area contributed by atoms with Crippen LogP contribution in [0.15, 0.2) is 0 Å². The molecule has 0 aromatic heterocycles. The van der Waals surface area contributed by atoms with Gasteiger partial charge >= 0.3 is 5.97 Å². The summed E-state index contributed by atoms with van der Waals surface area (Å²) in [5.74, 6) is 1.98. The fourth-order valence-corrected chi connectivity index (χ4v) is 7.06. The summed E-state index contributed by atoms with van der Waals surface area (Å²) >= 11 is 0. The first-order valence-electron chi connectivity index (χ1n) is 11.3. The maximum Gasteiger partial charge on any atom is 0.312 e. The number of ether oxygens (including phenoxy) is 1. The van der Waals surface area contributed by atoms with Crippen molar-refractivity contribution >= 4 is 5.97 Å². The van der Waals surface area contributed by atoms with Gasteiger partial charge in [-0.1, -0.05) is 27.2 Å². The molecule has 1 N–H and O–H groups in total. The standard InChI is InChI=1S/C24H42O3/c1-16(2)24(26)14-11-18-17(15-24)9-10-19-22(18,6)12-8-13-23(19,7)20(25)27-21(3,4)5/h16-19,26H,8-15H2,1-7H3. The Balaban J connectivity index is 1.85. The molecule has 0 radical (unpaired) electrons. The maximum absolute atomic E-state index is 13.2. The van der Waals surface area contributed by atoms with E-state index >= 15 is 0 Å². The highest BCUT2D eigenvalue weighted by Gasteiger charge is 2.61. The fourth-order valence-electron chi connectivity index (χ4n) is 7.06. The SMILES string of the molecule is CC(C)C1(O)CCC2C(CCC3C(C)(C(=O)OC(C)(C)C)CCCC23C)C1. The van der Waals surface area contributed by atoms with Crippen LogP contribution in [0.5, 0.6) is 0 Å². The molecule has 3 heteroatoms. The van der Waals surface area contributed by atoms with Crippen LogP contribution in [0.25, 0.3) is 0 Å². The molecule has 0 bridgehead atoms. The Hall–Kier alpha value is -0.570. The molecule has 0 spiro atoms. The predicted octanol–water partition coefficient (Wildman–Crippen LogP) is 5.74. The zero-order chi connectivity index (χ0) is 20.3. The molecule has 0 saturated heterocycles. The minimum Gasteiger partial charge on any atom is -0.460 e. The molecule has 0 amide bonds. The molecule has 6 unspecified atom stereocenters. The van der Waals surface area contributed by atoms with Gasteiger partial charge in [-0.25, -0.2) is 0 Å². The molecule has 27 heavy (non-hydrogen) atoms. The molecule has 3 aliphatic carbocycles. The topological polar surface area (TPSA) is 46.5 Å². The zero-order valence-corrected chi connectivity index (χ0v) is 18.7. The first kappa shape index (κ1) is 21.1. The molecular formula is C24H42O3. The number of carbonyl (C=O) groups excluding carboxylic acids is 1. The molecule has 6 atom stereocenters. The van der Waals surface area contributed by atoms with E-state index in [1.54, 1.807) is 0 Å². The first-order chi connectivity index (χ1) is 12.3. The lowest BCUT2D eigenvalue weighted by Gasteiger charge is -2.62. The van der Waals surface area contributed by atoms with Gasteiger partial charge in [0.25, 0.3) is 0 Å². The molecule has 3 fully saturated rings. The Morgan fingerprint density at radius 2 is 1.74 bits per heavy atom. The van der Waals surface area contributed by atoms with Crippen molar-refractivity contribution < 1.29 is 14.6 Å². The van der Waals surface area contributed by atoms with Crippen molar-refractivity contribution in [2.24, 2.45) is 34.5 Å². The number of rotatable bonds is 2. The van der Waals surface area contributed by atoms with Crippen LogP contribution >= 0.6 is 0 Å². The van der Waals surface area contributed by atoms with Crippen LogP contribution in [0.3, 0.4) is 0 Å². The van der Waals surface area contributed by atoms with Gasteiger partial charge in [0, 0.05) is 0 Å². The molecule has 3 nitrogen and oxygen atoms in total. The lowest BCUT2D eigenvalue weighted by atomic mass is 9.43. The number of aliphatic hydroxyl groups is 1. The summed E-state index contributed by atoms with van der Waals surface area (Å²) in [5, 5.41) is 11.1. The fraction of sp³-hybridized carbons (Fsp3) is 0.958. The van der Waals surface area contributed by atoms with Gasteiger partial charge in [-0.05, 0) is 102 Å². The molecule has 156 valence electrons. The average Bonchev–Trinajstić information content (AvgIpc) is 2.52. The van der Waals surface area contributed by atoms with Gasteiger partial charge in [0.1, 0.15) is 5.60 Å². The first-order valence-corrected chi connectivity index (χ1v) is 11.3. The van der Waals surface area contributed by atoms with Gasteiger partial charge in [-0.2, -0.15) is 0 Å². The minimum absolute atomic E-state index is 0.0128. The Kier molecular flexibility index (Phi) is 5.28. The van der Waals surface area contributed by atoms with Gasteiger partial charge in [-0.15, -0.1) is 0 Å². The largest absolute Gasteiger partial charge is 0.460 e. The van der Waals surface area contributed by atoms with Crippen LogP contribution in [-0.2, 0) is 9.53 Å². The number of hydrogen-bond acceptors (Lipinski definition) is 3. The molecule has 0 aromatic carbocycles. The second-order valence-electron chi connectivity index (χ2n) is 11.8. The van der Waals surface area contributed by atoms with Crippen LogP contribution in [0, 0.1) is 34.5 Å². The Bertz CT molecular complexity index is 577. The molecule has 3 aliphatic rings. The van der Waals surface area contributed by atoms with Crippen LogP contribution in [0.4, 0.5) is 0 Å². The highest BCUT2D eigenvalue weighted by atomic mass is 16.6. The Morgan fingerprint density at radius 1 is 1.07 bits per heavy atom. The zero-order valence-electron chi connectivity index (χ0n) is 18.7. The lowest BCUT2D eigenvalue weighted by Crippen LogP contribution is -2.58. The molecule has 0 aliphatic heterocycles. The van der Waals surface area contributed by atoms with Crippen molar-refractivity contribution in [1.29, 1.82) is 0 Å². The van der Waals surface area contributed by atoms with Crippen LogP contribution in [-0.4, -0.2) is 22.3 Å². The smallest absolute Gasteiger partial charge is 0.312 e. The van der Waals surface area contributed by atoms with Crippen molar-refractivity contribution in [2.75, 3.05) is 0 Å². The second-order valence-corrected chi connectivity index (χ2v) is 11.8. The third-order valence-corrected chi connectivity index (χ3v) is 8.66. The summed E-state index contributed by atoms with van der Waals surface area (Å²) in [7, 11) is 0. The van der Waals surface area contributed by atoms with Gasteiger partial charge in [0.15, 0.2) is 0 Å². The lowest BCUT2D eigenvalue weighted by molar-refractivity contribution is -0.194. The summed E-state index contributed by atoms with van der Waals surface area (Å²) in [6.45, 7) is 14.9. The van der Waals surface area contributed by atoms with Crippen molar-refractivity contribution in [1.82, 2.24) is 0 Å². The van der Waals surface area contributed by atoms with E-state index in [0.717, 1.165) is 44.9 Å². The summed E-state index contributed by atoms with van der Waals surface area (Å²) in [6, 6.07) is 0. The summed E-state index contributed by atoms with van der Waals surface area (Å²) in [6.07, 6.45) is 8.50. The van der Waals surface area contributed by atoms with Crippen LogP contribution in [0.2, 0.25) is 0 Å². The second kappa shape index (κ2) is 6.75. The molecule has 3 rings (SSSR count). The van der Waals surface area contributed by atoms with E-state index in [0.29, 0.717) is 23.7 Å². The number of esters is 1. The highest BCUT2D eigenvalue weighted by Crippen LogP contribution is 2.65. The molecule has 3 saturated carbocycles. The van der Waals surface area contributed by atoms with Crippen molar-refractivity contribution in [3.63, 3.8) is 0 Å². The summed E-state index contributed by atoms with van der Waals surface area (Å²) < 4.78 is 5.90. The monoisotopic (exact) mass is 378 g/mol. The third kappa shape index (κ3) is 3.58. The van der Waals surface area contributed by atoms with Gasteiger partial charge in [0.2, 0.25) is 0 Å². The van der Waals surface area contributed by atoms with Crippen molar-refractivity contribution in [3.8, 4) is 0 Å². The number of hydrogen-bond donors (Lipinski definition) is 1. The maximum atomic E-state index is 13.2. The molecule has 0 heterocycles. The van der Waals surface area contributed by atoms with E-state index in [1.807, 2.05) is 20.8 Å². The van der Waals surface area contributed by atoms with Crippen molar-refractivity contribution in [3.05, 3.63) is 0 Å². The van der Waals surface area contributed by atoms with Gasteiger partial charge in [0.05, 0.1) is 11.0 Å². The van der Waals surface area contributed by atoms with Crippen molar-refractivity contribution in [2.45, 2.75) is 111 Å². The Labute approximate surface area is 166 Å². The predicted molar refractivity (Wildman–Crippen MR) is 109 cm³/mol. The minimum atomic E-state index is -0.493. The van der Waals surface area contributed by atoms with E-state index in [4.69, 9.17) is 4.74 Å². The van der Waals surface area contributed by atoms with Crippen LogP contribution < -0.4 is 0 Å². The van der Waals surface area contributed by atoms with E-state index in [9.17, 15) is 9.90 Å². The third-order valence-electron chi connectivity index (χ3n) is 8.66. The summed E-state index contributed by atoms with van der Waals surface area (Å²) in [5.41, 5.74) is -1.08. The van der Waals surface area contributed by atoms with E-state index in [-0.39, 0.29) is 16.8 Å². The Morgan fingerprint density at radius 3 is 2.33 bits per heavy atom. The number of fused-ring (bicyclic) bond motifs is 3. The van der Waals surface area contributed by atoms with E-state index < -0.39 is 11.2 Å². The normalized spacial score (nSPS) is 45.1. The number of carbonyl (C=O) groups is 1. The average molecular weight is 379 g/mol. The van der Waals surface area contributed by atoms with Crippen LogP contribution in [0.1, 0.15) is 99.8 Å².